The molecule has 3 N–H and O–H groups in total. The lowest BCUT2D eigenvalue weighted by molar-refractivity contribution is 0.0919. The van der Waals surface area contributed by atoms with Gasteiger partial charge in [0.25, 0.3) is 5.91 Å². The van der Waals surface area contributed by atoms with Gasteiger partial charge in [-0.2, -0.15) is 0 Å². The number of ether oxygens (including phenoxy) is 1. The number of aromatic nitrogens is 2. The van der Waals surface area contributed by atoms with Crippen molar-refractivity contribution in [2.45, 2.75) is 32.7 Å². The van der Waals surface area contributed by atoms with Crippen LogP contribution in [0.2, 0.25) is 5.02 Å². The Morgan fingerprint density at radius 1 is 1.17 bits per heavy atom. The van der Waals surface area contributed by atoms with Crippen molar-refractivity contribution in [3.63, 3.8) is 0 Å². The summed E-state index contributed by atoms with van der Waals surface area (Å²) in [5, 5.41) is 10.0. The minimum atomic E-state index is -3.03. The summed E-state index contributed by atoms with van der Waals surface area (Å²) in [6.07, 6.45) is 5.58. The molecule has 1 aromatic heterocycles. The lowest BCUT2D eigenvalue weighted by Gasteiger charge is -2.20. The average molecular weight is 613 g/mol. The summed E-state index contributed by atoms with van der Waals surface area (Å²) in [6, 6.07) is 12.3. The third-order valence-corrected chi connectivity index (χ3v) is 7.51. The van der Waals surface area contributed by atoms with Crippen LogP contribution in [-0.4, -0.2) is 73.4 Å². The fraction of sp³-hybridized carbons (Fsp3) is 0.367. The van der Waals surface area contributed by atoms with E-state index in [0.717, 1.165) is 17.6 Å². The summed E-state index contributed by atoms with van der Waals surface area (Å²) in [4.78, 5) is 23.4. The maximum absolute atomic E-state index is 12.6. The Balaban J connectivity index is 1.49. The van der Waals surface area contributed by atoms with Crippen molar-refractivity contribution in [1.82, 2.24) is 20.2 Å². The molecule has 0 saturated carbocycles. The Bertz CT molecular complexity index is 1590. The molecular weight excluding hydrogens is 576 g/mol. The second kappa shape index (κ2) is 13.1. The normalized spacial score (nSPS) is 13.5. The highest BCUT2D eigenvalue weighted by Gasteiger charge is 2.18. The molecule has 10 nitrogen and oxygen atoms in total. The Morgan fingerprint density at radius 2 is 1.95 bits per heavy atom. The van der Waals surface area contributed by atoms with E-state index in [4.69, 9.17) is 16.3 Å². The molecule has 1 amide bonds. The Labute approximate surface area is 252 Å². The topological polar surface area (TPSA) is 126 Å². The van der Waals surface area contributed by atoms with Gasteiger partial charge in [0.15, 0.2) is 0 Å². The highest BCUT2D eigenvalue weighted by atomic mass is 35.5. The Morgan fingerprint density at radius 3 is 2.67 bits per heavy atom. The van der Waals surface area contributed by atoms with Crippen LogP contribution in [0, 0.1) is 0 Å². The molecule has 12 heteroatoms. The maximum atomic E-state index is 12.6. The van der Waals surface area contributed by atoms with Gasteiger partial charge in [-0.05, 0) is 76.7 Å². The maximum Gasteiger partial charge on any atom is 0.251 e. The van der Waals surface area contributed by atoms with Gasteiger partial charge in [-0.15, -0.1) is 0 Å². The van der Waals surface area contributed by atoms with Crippen LogP contribution in [0.25, 0.3) is 6.08 Å². The monoisotopic (exact) mass is 612 g/mol. The molecule has 0 spiro atoms. The van der Waals surface area contributed by atoms with Crippen LogP contribution in [0.4, 0.5) is 17.3 Å². The molecule has 4 rings (SSSR count). The van der Waals surface area contributed by atoms with Crippen LogP contribution in [0.15, 0.2) is 54.4 Å². The summed E-state index contributed by atoms with van der Waals surface area (Å²) in [7, 11) is -1.12. The van der Waals surface area contributed by atoms with E-state index in [0.29, 0.717) is 59.0 Å². The molecule has 0 saturated heterocycles. The molecule has 42 heavy (non-hydrogen) atoms. The van der Waals surface area contributed by atoms with Crippen molar-refractivity contribution < 1.29 is 17.9 Å². The molecule has 1 aliphatic rings. The molecule has 1 aliphatic heterocycles. The van der Waals surface area contributed by atoms with Gasteiger partial charge < -0.3 is 25.6 Å². The number of hydrogen-bond donors (Lipinski definition) is 3. The number of sulfone groups is 1. The molecule has 0 fully saturated rings. The molecular formula is C30H37ClN6O4S. The van der Waals surface area contributed by atoms with Gasteiger partial charge in [0, 0.05) is 42.7 Å². The van der Waals surface area contributed by atoms with Crippen LogP contribution in [0.3, 0.4) is 0 Å². The van der Waals surface area contributed by atoms with E-state index in [1.54, 1.807) is 36.4 Å². The third kappa shape index (κ3) is 9.17. The van der Waals surface area contributed by atoms with Gasteiger partial charge in [-0.25, -0.2) is 18.4 Å². The van der Waals surface area contributed by atoms with Crippen LogP contribution in [-0.2, 0) is 9.84 Å². The molecule has 0 bridgehead atoms. The third-order valence-electron chi connectivity index (χ3n) is 6.29. The van der Waals surface area contributed by atoms with Crippen molar-refractivity contribution in [3.05, 3.63) is 70.5 Å². The van der Waals surface area contributed by atoms with E-state index in [-0.39, 0.29) is 17.2 Å². The number of amides is 1. The first-order valence-corrected chi connectivity index (χ1v) is 16.0. The number of carbonyl (C=O) groups excluding carboxylic acids is 1. The smallest absolute Gasteiger partial charge is 0.251 e. The van der Waals surface area contributed by atoms with Gasteiger partial charge in [0.05, 0.1) is 16.3 Å². The van der Waals surface area contributed by atoms with Crippen molar-refractivity contribution in [3.8, 4) is 11.5 Å². The standard InChI is InChI=1S/C30H37ClN6O4S/c1-30(2,3)36-29(38)21-7-6-8-23(16-21)41-26-10-9-22(17-25(26)31)35-28-24-15-20(11-12-32-27(24)33-19-34-28)18-37(4)13-14-42(5,39)40/h6-10,15-17,19H,11-14,18H2,1-5H3,(H,36,38)(H2,32,33,34,35). The number of benzene rings is 2. The number of carbonyl (C=O) groups is 1. The summed E-state index contributed by atoms with van der Waals surface area (Å²) < 4.78 is 29.2. The lowest BCUT2D eigenvalue weighted by atomic mass is 10.1. The van der Waals surface area contributed by atoms with Crippen LogP contribution in [0.1, 0.15) is 43.1 Å². The van der Waals surface area contributed by atoms with E-state index in [9.17, 15) is 13.2 Å². The minimum Gasteiger partial charge on any atom is -0.456 e. The zero-order valence-electron chi connectivity index (χ0n) is 24.5. The Hall–Kier alpha value is -3.67. The molecule has 0 unspecified atom stereocenters. The summed E-state index contributed by atoms with van der Waals surface area (Å²) >= 11 is 6.60. The first-order chi connectivity index (χ1) is 19.8. The van der Waals surface area contributed by atoms with Gasteiger partial charge in [-0.1, -0.05) is 23.2 Å². The number of anilines is 3. The van der Waals surface area contributed by atoms with E-state index in [1.165, 1.54) is 12.6 Å². The summed E-state index contributed by atoms with van der Waals surface area (Å²) in [5.74, 6) is 2.18. The zero-order chi connectivity index (χ0) is 30.5. The summed E-state index contributed by atoms with van der Waals surface area (Å²) in [5.41, 5.74) is 2.78. The number of nitrogens with zero attached hydrogens (tertiary/aromatic N) is 3. The van der Waals surface area contributed by atoms with E-state index in [2.05, 4.69) is 32.0 Å². The lowest BCUT2D eigenvalue weighted by Crippen LogP contribution is -2.40. The molecule has 2 aromatic carbocycles. The minimum absolute atomic E-state index is 0.111. The number of hydrogen-bond acceptors (Lipinski definition) is 9. The molecule has 3 aromatic rings. The van der Waals surface area contributed by atoms with Crippen LogP contribution >= 0.6 is 11.6 Å². The van der Waals surface area contributed by atoms with Crippen molar-refractivity contribution >= 4 is 50.7 Å². The predicted molar refractivity (Wildman–Crippen MR) is 169 cm³/mol. The van der Waals surface area contributed by atoms with Crippen LogP contribution < -0.4 is 20.7 Å². The quantitative estimate of drug-likeness (QED) is 0.277. The number of halogens is 1. The van der Waals surface area contributed by atoms with Crippen molar-refractivity contribution in [2.75, 3.05) is 49.3 Å². The second-order valence-corrected chi connectivity index (χ2v) is 14.1. The van der Waals surface area contributed by atoms with Gasteiger partial charge in [0.2, 0.25) is 0 Å². The molecule has 0 atom stereocenters. The first kappa shape index (κ1) is 31.3. The number of fused-ring (bicyclic) bond motifs is 1. The Kier molecular flexibility index (Phi) is 9.75. The van der Waals surface area contributed by atoms with Crippen LogP contribution in [0.5, 0.6) is 11.5 Å². The fourth-order valence-corrected chi connectivity index (χ4v) is 5.16. The number of nitrogens with one attached hydrogen (secondary N) is 3. The molecule has 224 valence electrons. The van der Waals surface area contributed by atoms with Crippen molar-refractivity contribution in [2.24, 2.45) is 0 Å². The highest BCUT2D eigenvalue weighted by molar-refractivity contribution is 7.90. The number of likely N-dealkylation sites (N-methyl/N-ethyl adjacent to an activating group) is 1. The second-order valence-electron chi connectivity index (χ2n) is 11.4. The van der Waals surface area contributed by atoms with E-state index >= 15 is 0 Å². The summed E-state index contributed by atoms with van der Waals surface area (Å²) in [6.45, 7) is 7.56. The first-order valence-electron chi connectivity index (χ1n) is 13.6. The largest absolute Gasteiger partial charge is 0.456 e. The van der Waals surface area contributed by atoms with Gasteiger partial charge in [-0.3, -0.25) is 4.79 Å². The highest BCUT2D eigenvalue weighted by Crippen LogP contribution is 2.34. The SMILES string of the molecule is CN(CCS(C)(=O)=O)CC1=Cc2c(ncnc2Nc2ccc(Oc3cccc(C(=O)NC(C)(C)C)c3)c(Cl)c2)NCC1. The van der Waals surface area contributed by atoms with Gasteiger partial charge >= 0.3 is 0 Å². The van der Waals surface area contributed by atoms with E-state index < -0.39 is 9.84 Å². The fourth-order valence-electron chi connectivity index (χ4n) is 4.30. The number of rotatable bonds is 10. The zero-order valence-corrected chi connectivity index (χ0v) is 26.1. The molecule has 2 heterocycles. The van der Waals surface area contributed by atoms with Crippen molar-refractivity contribution in [1.29, 1.82) is 0 Å². The predicted octanol–water partition coefficient (Wildman–Crippen LogP) is 5.37. The van der Waals surface area contributed by atoms with E-state index in [1.807, 2.05) is 38.8 Å². The molecule has 0 aliphatic carbocycles. The molecule has 0 radical (unpaired) electrons. The van der Waals surface area contributed by atoms with Gasteiger partial charge in [0.1, 0.15) is 39.3 Å². The average Bonchev–Trinajstić information content (AvgIpc) is 3.10.